The standard InChI is InChI=1S/C14H19NO2.C2H6/c1-11-4-2-5-12(8-11)9-15-14(16)13-6-3-7-17-10-13;1-2/h2,4-5,8,13H,3,6-7,9-10H2,1H3,(H,15,16);1-2H3. The summed E-state index contributed by atoms with van der Waals surface area (Å²) < 4.78 is 5.31. The molecule has 1 unspecified atom stereocenters. The zero-order valence-corrected chi connectivity index (χ0v) is 12.2. The Bertz CT molecular complexity index is 384. The third-order valence-corrected chi connectivity index (χ3v) is 3.08. The molecule has 1 aliphatic heterocycles. The molecule has 1 aromatic rings. The summed E-state index contributed by atoms with van der Waals surface area (Å²) in [5.41, 5.74) is 2.37. The molecule has 0 aromatic heterocycles. The molecule has 0 spiro atoms. The molecule has 3 nitrogen and oxygen atoms in total. The highest BCUT2D eigenvalue weighted by atomic mass is 16.5. The molecular weight excluding hydrogens is 238 g/mol. The van der Waals surface area contributed by atoms with E-state index in [2.05, 4.69) is 24.4 Å². The van der Waals surface area contributed by atoms with Crippen LogP contribution in [-0.4, -0.2) is 19.1 Å². The van der Waals surface area contributed by atoms with Crippen molar-refractivity contribution in [2.75, 3.05) is 13.2 Å². The predicted octanol–water partition coefficient (Wildman–Crippen LogP) is 3.06. The van der Waals surface area contributed by atoms with Gasteiger partial charge < -0.3 is 10.1 Å². The zero-order chi connectivity index (χ0) is 14.1. The number of carbonyl (C=O) groups excluding carboxylic acids is 1. The second-order valence-corrected chi connectivity index (χ2v) is 4.62. The first kappa shape index (κ1) is 15.7. The van der Waals surface area contributed by atoms with Crippen molar-refractivity contribution < 1.29 is 9.53 Å². The van der Waals surface area contributed by atoms with Crippen molar-refractivity contribution in [1.82, 2.24) is 5.32 Å². The minimum Gasteiger partial charge on any atom is -0.381 e. The highest BCUT2D eigenvalue weighted by molar-refractivity contribution is 5.78. The molecule has 1 fully saturated rings. The maximum absolute atomic E-state index is 11.9. The van der Waals surface area contributed by atoms with Gasteiger partial charge in [-0.1, -0.05) is 43.7 Å². The van der Waals surface area contributed by atoms with E-state index in [0.717, 1.165) is 25.0 Å². The SMILES string of the molecule is CC.Cc1cccc(CNC(=O)C2CCCOC2)c1. The lowest BCUT2D eigenvalue weighted by Crippen LogP contribution is -2.35. The Hall–Kier alpha value is -1.35. The second kappa shape index (κ2) is 8.70. The number of amides is 1. The molecule has 1 saturated heterocycles. The average Bonchev–Trinajstić information content (AvgIpc) is 2.48. The van der Waals surface area contributed by atoms with Gasteiger partial charge in [-0.15, -0.1) is 0 Å². The Balaban J connectivity index is 0.000000861. The molecule has 0 radical (unpaired) electrons. The van der Waals surface area contributed by atoms with E-state index in [1.54, 1.807) is 0 Å². The maximum atomic E-state index is 11.9. The van der Waals surface area contributed by atoms with Crippen molar-refractivity contribution in [2.24, 2.45) is 5.92 Å². The average molecular weight is 263 g/mol. The van der Waals surface area contributed by atoms with Crippen LogP contribution in [-0.2, 0) is 16.1 Å². The quantitative estimate of drug-likeness (QED) is 0.910. The fourth-order valence-corrected chi connectivity index (χ4v) is 2.10. The van der Waals surface area contributed by atoms with E-state index in [4.69, 9.17) is 4.74 Å². The number of nitrogens with one attached hydrogen (secondary N) is 1. The molecule has 19 heavy (non-hydrogen) atoms. The molecule has 1 aliphatic rings. The normalized spacial score (nSPS) is 18.2. The minimum absolute atomic E-state index is 0.0357. The molecule has 1 heterocycles. The van der Waals surface area contributed by atoms with Crippen LogP contribution in [0, 0.1) is 12.8 Å². The highest BCUT2D eigenvalue weighted by Crippen LogP contribution is 2.13. The highest BCUT2D eigenvalue weighted by Gasteiger charge is 2.21. The smallest absolute Gasteiger partial charge is 0.225 e. The van der Waals surface area contributed by atoms with Crippen LogP contribution in [0.1, 0.15) is 37.8 Å². The van der Waals surface area contributed by atoms with E-state index >= 15 is 0 Å². The number of hydrogen-bond donors (Lipinski definition) is 1. The Morgan fingerprint density at radius 2 is 2.21 bits per heavy atom. The van der Waals surface area contributed by atoms with Crippen LogP contribution in [0.2, 0.25) is 0 Å². The van der Waals surface area contributed by atoms with Gasteiger partial charge >= 0.3 is 0 Å². The van der Waals surface area contributed by atoms with E-state index in [1.807, 2.05) is 26.0 Å². The second-order valence-electron chi connectivity index (χ2n) is 4.62. The van der Waals surface area contributed by atoms with Gasteiger partial charge in [-0.25, -0.2) is 0 Å². The van der Waals surface area contributed by atoms with E-state index < -0.39 is 0 Å². The monoisotopic (exact) mass is 263 g/mol. The Kier molecular flexibility index (Phi) is 7.19. The lowest BCUT2D eigenvalue weighted by Gasteiger charge is -2.21. The predicted molar refractivity (Wildman–Crippen MR) is 77.9 cm³/mol. The Morgan fingerprint density at radius 1 is 1.42 bits per heavy atom. The van der Waals surface area contributed by atoms with Gasteiger partial charge in [0.1, 0.15) is 0 Å². The van der Waals surface area contributed by atoms with Gasteiger partial charge in [-0.05, 0) is 25.3 Å². The molecule has 1 amide bonds. The summed E-state index contributed by atoms with van der Waals surface area (Å²) in [6.07, 6.45) is 1.93. The first-order valence-electron chi connectivity index (χ1n) is 7.17. The van der Waals surface area contributed by atoms with E-state index in [-0.39, 0.29) is 11.8 Å². The van der Waals surface area contributed by atoms with E-state index in [9.17, 15) is 4.79 Å². The minimum atomic E-state index is 0.0357. The molecule has 1 atom stereocenters. The molecule has 1 N–H and O–H groups in total. The van der Waals surface area contributed by atoms with Crippen molar-refractivity contribution in [3.05, 3.63) is 35.4 Å². The number of carbonyl (C=O) groups is 1. The molecule has 106 valence electrons. The van der Waals surface area contributed by atoms with Gasteiger partial charge in [-0.2, -0.15) is 0 Å². The van der Waals surface area contributed by atoms with Crippen LogP contribution in [0.25, 0.3) is 0 Å². The third-order valence-electron chi connectivity index (χ3n) is 3.08. The van der Waals surface area contributed by atoms with Crippen LogP contribution in [0.15, 0.2) is 24.3 Å². The molecule has 3 heteroatoms. The Labute approximate surface area is 116 Å². The van der Waals surface area contributed by atoms with Crippen molar-refractivity contribution in [3.63, 3.8) is 0 Å². The van der Waals surface area contributed by atoms with Crippen LogP contribution in [0.5, 0.6) is 0 Å². The molecule has 1 aromatic carbocycles. The van der Waals surface area contributed by atoms with Crippen LogP contribution >= 0.6 is 0 Å². The number of rotatable bonds is 3. The van der Waals surface area contributed by atoms with Gasteiger partial charge in [0.05, 0.1) is 12.5 Å². The fraction of sp³-hybridized carbons (Fsp3) is 0.562. The van der Waals surface area contributed by atoms with Crippen molar-refractivity contribution >= 4 is 5.91 Å². The van der Waals surface area contributed by atoms with Gasteiger partial charge in [-0.3, -0.25) is 4.79 Å². The zero-order valence-electron chi connectivity index (χ0n) is 12.2. The van der Waals surface area contributed by atoms with Crippen LogP contribution in [0.4, 0.5) is 0 Å². The molecule has 0 aliphatic carbocycles. The topological polar surface area (TPSA) is 38.3 Å². The van der Waals surface area contributed by atoms with Crippen LogP contribution < -0.4 is 5.32 Å². The fourth-order valence-electron chi connectivity index (χ4n) is 2.10. The summed E-state index contributed by atoms with van der Waals surface area (Å²) in [6.45, 7) is 8.03. The van der Waals surface area contributed by atoms with E-state index in [0.29, 0.717) is 13.2 Å². The Morgan fingerprint density at radius 3 is 2.84 bits per heavy atom. The summed E-state index contributed by atoms with van der Waals surface area (Å²) in [4.78, 5) is 11.9. The summed E-state index contributed by atoms with van der Waals surface area (Å²) in [5, 5.41) is 2.98. The molecule has 0 saturated carbocycles. The van der Waals surface area contributed by atoms with Gasteiger partial charge in [0.15, 0.2) is 0 Å². The number of ether oxygens (including phenoxy) is 1. The van der Waals surface area contributed by atoms with E-state index in [1.165, 1.54) is 5.56 Å². The number of hydrogen-bond acceptors (Lipinski definition) is 2. The van der Waals surface area contributed by atoms with Gasteiger partial charge in [0.25, 0.3) is 0 Å². The van der Waals surface area contributed by atoms with Gasteiger partial charge in [0, 0.05) is 13.2 Å². The van der Waals surface area contributed by atoms with Crippen molar-refractivity contribution in [3.8, 4) is 0 Å². The summed E-state index contributed by atoms with van der Waals surface area (Å²) >= 11 is 0. The lowest BCUT2D eigenvalue weighted by molar-refractivity contribution is -0.129. The molecule has 2 rings (SSSR count). The first-order chi connectivity index (χ1) is 9.25. The largest absolute Gasteiger partial charge is 0.381 e. The molecular formula is C16H25NO2. The molecule has 0 bridgehead atoms. The summed E-state index contributed by atoms with van der Waals surface area (Å²) in [7, 11) is 0. The van der Waals surface area contributed by atoms with Gasteiger partial charge in [0.2, 0.25) is 5.91 Å². The lowest BCUT2D eigenvalue weighted by atomic mass is 10.0. The first-order valence-corrected chi connectivity index (χ1v) is 7.17. The van der Waals surface area contributed by atoms with Crippen molar-refractivity contribution in [2.45, 2.75) is 40.2 Å². The summed E-state index contributed by atoms with van der Waals surface area (Å²) in [5.74, 6) is 0.153. The summed E-state index contributed by atoms with van der Waals surface area (Å²) in [6, 6.07) is 8.20. The maximum Gasteiger partial charge on any atom is 0.225 e. The third kappa shape index (κ3) is 5.43. The van der Waals surface area contributed by atoms with Crippen molar-refractivity contribution in [1.29, 1.82) is 0 Å². The van der Waals surface area contributed by atoms with Crippen LogP contribution in [0.3, 0.4) is 0 Å². The number of benzene rings is 1. The number of aryl methyl sites for hydroxylation is 1.